The molecule has 0 aliphatic heterocycles. The summed E-state index contributed by atoms with van der Waals surface area (Å²) in [5.41, 5.74) is 4.84. The minimum atomic E-state index is 0.0110. The summed E-state index contributed by atoms with van der Waals surface area (Å²) < 4.78 is 2.15. The molecule has 0 spiro atoms. The smallest absolute Gasteiger partial charge is 0.0762 e. The van der Waals surface area contributed by atoms with Gasteiger partial charge in [-0.25, -0.2) is 5.43 Å². The molecule has 0 amide bonds. The van der Waals surface area contributed by atoms with Crippen LogP contribution in [0.2, 0.25) is 0 Å². The lowest BCUT2D eigenvalue weighted by molar-refractivity contribution is 0.627. The van der Waals surface area contributed by atoms with Crippen molar-refractivity contribution in [1.82, 2.24) is 5.43 Å². The molecule has 0 aliphatic carbocycles. The highest BCUT2D eigenvalue weighted by Gasteiger charge is 2.15. The second-order valence-corrected chi connectivity index (χ2v) is 6.47. The topological polar surface area (TPSA) is 38.0 Å². The molecule has 0 bridgehead atoms. The molecule has 0 radical (unpaired) electrons. The lowest BCUT2D eigenvalue weighted by Crippen LogP contribution is -2.28. The average Bonchev–Trinajstić information content (AvgIpc) is 2.31. The molecule has 1 aromatic rings. The number of thiophene rings is 1. The van der Waals surface area contributed by atoms with Crippen LogP contribution in [0.1, 0.15) is 18.5 Å². The maximum Gasteiger partial charge on any atom is 0.0762 e. The standard InChI is InChI=1S/C8H10Br2N2S/c1-4(2)7(12-11)5-3-6(9)13-8(5)10/h3,7,12H,1,11H2,2H3. The summed E-state index contributed by atoms with van der Waals surface area (Å²) in [6, 6.07) is 2.05. The summed E-state index contributed by atoms with van der Waals surface area (Å²) in [4.78, 5) is 0. The zero-order valence-electron chi connectivity index (χ0n) is 7.10. The number of nitrogens with two attached hydrogens (primary N) is 1. The second kappa shape index (κ2) is 4.70. The molecule has 2 nitrogen and oxygen atoms in total. The van der Waals surface area contributed by atoms with Gasteiger partial charge in [0.25, 0.3) is 0 Å². The lowest BCUT2D eigenvalue weighted by Gasteiger charge is -2.14. The number of hydrazine groups is 1. The van der Waals surface area contributed by atoms with Crippen LogP contribution in [0.3, 0.4) is 0 Å². The molecular formula is C8H10Br2N2S. The highest BCUT2D eigenvalue weighted by molar-refractivity contribution is 9.12. The Morgan fingerprint density at radius 1 is 1.69 bits per heavy atom. The fourth-order valence-electron chi connectivity index (χ4n) is 1.05. The van der Waals surface area contributed by atoms with Crippen LogP contribution in [0.4, 0.5) is 0 Å². The van der Waals surface area contributed by atoms with Gasteiger partial charge in [0.05, 0.1) is 13.6 Å². The fourth-order valence-corrected chi connectivity index (χ4v) is 3.95. The Hall–Kier alpha value is 0.320. The molecule has 0 saturated heterocycles. The first-order valence-electron chi connectivity index (χ1n) is 3.62. The zero-order chi connectivity index (χ0) is 10.0. The molecule has 0 aliphatic rings. The monoisotopic (exact) mass is 324 g/mol. The molecule has 13 heavy (non-hydrogen) atoms. The van der Waals surface area contributed by atoms with Gasteiger partial charge in [-0.1, -0.05) is 12.2 Å². The van der Waals surface area contributed by atoms with Crippen LogP contribution in [0.15, 0.2) is 25.8 Å². The summed E-state index contributed by atoms with van der Waals surface area (Å²) in [5.74, 6) is 5.44. The Labute approximate surface area is 98.4 Å². The predicted octanol–water partition coefficient (Wildman–Crippen LogP) is 3.35. The lowest BCUT2D eigenvalue weighted by atomic mass is 10.1. The van der Waals surface area contributed by atoms with Crippen LogP contribution in [-0.2, 0) is 0 Å². The van der Waals surface area contributed by atoms with E-state index in [4.69, 9.17) is 5.84 Å². The van der Waals surface area contributed by atoms with Gasteiger partial charge in [-0.15, -0.1) is 11.3 Å². The van der Waals surface area contributed by atoms with Gasteiger partial charge in [0, 0.05) is 5.56 Å². The Morgan fingerprint density at radius 2 is 2.31 bits per heavy atom. The van der Waals surface area contributed by atoms with Gasteiger partial charge in [0.15, 0.2) is 0 Å². The van der Waals surface area contributed by atoms with Crippen molar-refractivity contribution in [3.05, 3.63) is 31.4 Å². The van der Waals surface area contributed by atoms with Gasteiger partial charge in [-0.05, 0) is 44.8 Å². The van der Waals surface area contributed by atoms with Crippen molar-refractivity contribution >= 4 is 43.2 Å². The van der Waals surface area contributed by atoms with Gasteiger partial charge < -0.3 is 0 Å². The molecule has 1 aromatic heterocycles. The van der Waals surface area contributed by atoms with Crippen molar-refractivity contribution in [2.24, 2.45) is 5.84 Å². The number of rotatable bonds is 3. The molecule has 5 heteroatoms. The number of nitrogens with one attached hydrogen (secondary N) is 1. The average molecular weight is 326 g/mol. The molecule has 72 valence electrons. The number of halogens is 2. The van der Waals surface area contributed by atoms with E-state index >= 15 is 0 Å². The molecule has 0 fully saturated rings. The van der Waals surface area contributed by atoms with Crippen molar-refractivity contribution in [3.8, 4) is 0 Å². The third kappa shape index (κ3) is 2.63. The Balaban J connectivity index is 3.04. The summed E-state index contributed by atoms with van der Waals surface area (Å²) >= 11 is 8.53. The van der Waals surface area contributed by atoms with Gasteiger partial charge in [0.1, 0.15) is 0 Å². The largest absolute Gasteiger partial charge is 0.271 e. The van der Waals surface area contributed by atoms with Crippen molar-refractivity contribution in [2.75, 3.05) is 0 Å². The highest BCUT2D eigenvalue weighted by Crippen LogP contribution is 2.37. The van der Waals surface area contributed by atoms with E-state index in [2.05, 4.69) is 43.9 Å². The van der Waals surface area contributed by atoms with Crippen LogP contribution in [0.5, 0.6) is 0 Å². The molecule has 0 aromatic carbocycles. The summed E-state index contributed by atoms with van der Waals surface area (Å²) in [5, 5.41) is 0. The van der Waals surface area contributed by atoms with Crippen LogP contribution >= 0.6 is 43.2 Å². The van der Waals surface area contributed by atoms with E-state index < -0.39 is 0 Å². The predicted molar refractivity (Wildman–Crippen MR) is 64.6 cm³/mol. The molecule has 1 atom stereocenters. The van der Waals surface area contributed by atoms with Crippen LogP contribution in [-0.4, -0.2) is 0 Å². The maximum absolute atomic E-state index is 5.44. The first kappa shape index (κ1) is 11.4. The van der Waals surface area contributed by atoms with Crippen molar-refractivity contribution in [1.29, 1.82) is 0 Å². The molecule has 1 heterocycles. The van der Waals surface area contributed by atoms with Gasteiger partial charge in [-0.2, -0.15) is 0 Å². The molecule has 0 saturated carbocycles. The van der Waals surface area contributed by atoms with E-state index in [1.165, 1.54) is 0 Å². The number of hydrogen-bond donors (Lipinski definition) is 2. The molecule has 1 unspecified atom stereocenters. The number of hydrogen-bond acceptors (Lipinski definition) is 3. The van der Waals surface area contributed by atoms with Crippen LogP contribution < -0.4 is 11.3 Å². The third-order valence-electron chi connectivity index (χ3n) is 1.65. The van der Waals surface area contributed by atoms with E-state index in [9.17, 15) is 0 Å². The molecular weight excluding hydrogens is 316 g/mol. The first-order valence-corrected chi connectivity index (χ1v) is 6.02. The van der Waals surface area contributed by atoms with Gasteiger partial charge in [-0.3, -0.25) is 5.84 Å². The Bertz CT molecular complexity index is 322. The SMILES string of the molecule is C=C(C)C(NN)c1cc(Br)sc1Br. The highest BCUT2D eigenvalue weighted by atomic mass is 79.9. The maximum atomic E-state index is 5.44. The van der Waals surface area contributed by atoms with Crippen LogP contribution in [0.25, 0.3) is 0 Å². The molecule has 1 rings (SSSR count). The molecule has 3 N–H and O–H groups in total. The van der Waals surface area contributed by atoms with Crippen molar-refractivity contribution < 1.29 is 0 Å². The van der Waals surface area contributed by atoms with E-state index in [-0.39, 0.29) is 6.04 Å². The summed E-state index contributed by atoms with van der Waals surface area (Å²) in [7, 11) is 0. The second-order valence-electron chi connectivity index (χ2n) is 2.73. The van der Waals surface area contributed by atoms with E-state index in [0.29, 0.717) is 0 Å². The first-order chi connectivity index (χ1) is 6.06. The van der Waals surface area contributed by atoms with Crippen molar-refractivity contribution in [3.63, 3.8) is 0 Å². The summed E-state index contributed by atoms with van der Waals surface area (Å²) in [6.45, 7) is 5.83. The minimum Gasteiger partial charge on any atom is -0.271 e. The van der Waals surface area contributed by atoms with Crippen molar-refractivity contribution in [2.45, 2.75) is 13.0 Å². The normalized spacial score (nSPS) is 12.9. The van der Waals surface area contributed by atoms with E-state index in [0.717, 1.165) is 18.7 Å². The third-order valence-corrected chi connectivity index (χ3v) is 4.04. The van der Waals surface area contributed by atoms with E-state index in [1.54, 1.807) is 11.3 Å². The van der Waals surface area contributed by atoms with Gasteiger partial charge >= 0.3 is 0 Å². The van der Waals surface area contributed by atoms with Crippen LogP contribution in [0, 0.1) is 0 Å². The quantitative estimate of drug-likeness (QED) is 0.508. The summed E-state index contributed by atoms with van der Waals surface area (Å²) in [6.07, 6.45) is 0. The Kier molecular flexibility index (Phi) is 4.12. The fraction of sp³-hybridized carbons (Fsp3) is 0.250. The minimum absolute atomic E-state index is 0.0110. The zero-order valence-corrected chi connectivity index (χ0v) is 11.1. The van der Waals surface area contributed by atoms with E-state index in [1.807, 2.05) is 13.0 Å². The van der Waals surface area contributed by atoms with Gasteiger partial charge in [0.2, 0.25) is 0 Å². The Morgan fingerprint density at radius 3 is 2.62 bits per heavy atom.